The maximum atomic E-state index is 12.4. The Morgan fingerprint density at radius 1 is 1.19 bits per heavy atom. The highest BCUT2D eigenvalue weighted by Gasteiger charge is 2.17. The van der Waals surface area contributed by atoms with Crippen molar-refractivity contribution >= 4 is 40.6 Å². The van der Waals surface area contributed by atoms with E-state index < -0.39 is 4.92 Å². The number of amides is 1. The van der Waals surface area contributed by atoms with Gasteiger partial charge in [-0.15, -0.1) is 10.2 Å². The number of hydrogen-bond donors (Lipinski definition) is 1. The van der Waals surface area contributed by atoms with Crippen molar-refractivity contribution < 1.29 is 19.2 Å². The molecule has 10 nitrogen and oxygen atoms in total. The Hall–Kier alpha value is -3.31. The zero-order valence-corrected chi connectivity index (χ0v) is 19.1. The van der Waals surface area contributed by atoms with Crippen LogP contribution < -0.4 is 14.8 Å². The van der Waals surface area contributed by atoms with Gasteiger partial charge in [0.1, 0.15) is 11.5 Å². The SMILES string of the molecule is CCn1c(SCC(=O)Nc2cc([N+](=O)[O-])ccc2Cl)nnc1-c1cc(OC)cc(OC)c1. The Labute approximate surface area is 193 Å². The Balaban J connectivity index is 1.76. The highest BCUT2D eigenvalue weighted by molar-refractivity contribution is 7.99. The molecule has 1 aromatic heterocycles. The molecular weight excluding hydrogens is 458 g/mol. The quantitative estimate of drug-likeness (QED) is 0.275. The van der Waals surface area contributed by atoms with Crippen LogP contribution in [0.1, 0.15) is 6.92 Å². The predicted octanol–water partition coefficient (Wildman–Crippen LogP) is 4.27. The average Bonchev–Trinajstić information content (AvgIpc) is 3.21. The third-order valence-corrected chi connectivity index (χ3v) is 5.71. The number of nitrogens with one attached hydrogen (secondary N) is 1. The second-order valence-electron chi connectivity index (χ2n) is 6.41. The molecule has 3 rings (SSSR count). The van der Waals surface area contributed by atoms with Crippen LogP contribution in [0.5, 0.6) is 11.5 Å². The topological polar surface area (TPSA) is 121 Å². The number of non-ortho nitro benzene ring substituents is 1. The number of nitrogens with zero attached hydrogens (tertiary/aromatic N) is 4. The summed E-state index contributed by atoms with van der Waals surface area (Å²) in [5, 5.41) is 22.8. The fourth-order valence-electron chi connectivity index (χ4n) is 2.87. The number of thioether (sulfide) groups is 1. The van der Waals surface area contributed by atoms with E-state index in [1.54, 1.807) is 20.3 Å². The lowest BCUT2D eigenvalue weighted by Gasteiger charge is -2.10. The summed E-state index contributed by atoms with van der Waals surface area (Å²) in [7, 11) is 3.13. The lowest BCUT2D eigenvalue weighted by molar-refractivity contribution is -0.384. The largest absolute Gasteiger partial charge is 0.497 e. The van der Waals surface area contributed by atoms with Crippen LogP contribution in [0.4, 0.5) is 11.4 Å². The van der Waals surface area contributed by atoms with Gasteiger partial charge in [0.25, 0.3) is 5.69 Å². The molecule has 0 saturated carbocycles. The Bertz CT molecular complexity index is 1130. The van der Waals surface area contributed by atoms with Gasteiger partial charge in [-0.25, -0.2) is 0 Å². The number of benzene rings is 2. The minimum absolute atomic E-state index is 0.0125. The van der Waals surface area contributed by atoms with Crippen LogP contribution in [0.2, 0.25) is 5.02 Å². The number of methoxy groups -OCH3 is 2. The number of aromatic nitrogens is 3. The molecule has 0 aliphatic carbocycles. The van der Waals surface area contributed by atoms with Gasteiger partial charge in [-0.2, -0.15) is 0 Å². The van der Waals surface area contributed by atoms with Crippen LogP contribution in [0, 0.1) is 10.1 Å². The molecule has 1 amide bonds. The molecule has 0 radical (unpaired) electrons. The summed E-state index contributed by atoms with van der Waals surface area (Å²) in [5.74, 6) is 1.47. The van der Waals surface area contributed by atoms with Crippen molar-refractivity contribution in [2.24, 2.45) is 0 Å². The summed E-state index contributed by atoms with van der Waals surface area (Å²) in [6.07, 6.45) is 0. The van der Waals surface area contributed by atoms with Crippen molar-refractivity contribution in [3.8, 4) is 22.9 Å². The van der Waals surface area contributed by atoms with E-state index in [9.17, 15) is 14.9 Å². The number of rotatable bonds is 9. The van der Waals surface area contributed by atoms with E-state index >= 15 is 0 Å². The number of carbonyl (C=O) groups is 1. The smallest absolute Gasteiger partial charge is 0.271 e. The van der Waals surface area contributed by atoms with E-state index in [2.05, 4.69) is 15.5 Å². The summed E-state index contributed by atoms with van der Waals surface area (Å²) in [6.45, 7) is 2.51. The third-order valence-electron chi connectivity index (χ3n) is 4.41. The highest BCUT2D eigenvalue weighted by Crippen LogP contribution is 2.31. The van der Waals surface area contributed by atoms with E-state index in [4.69, 9.17) is 21.1 Å². The van der Waals surface area contributed by atoms with Crippen LogP contribution in [-0.2, 0) is 11.3 Å². The Morgan fingerprint density at radius 3 is 2.47 bits per heavy atom. The number of anilines is 1. The molecule has 0 saturated heterocycles. The molecular formula is C20H20ClN5O5S. The standard InChI is InChI=1S/C20H20ClN5O5S/c1-4-25-19(12-7-14(30-2)10-15(8-12)31-3)23-24-20(25)32-11-18(27)22-17-9-13(26(28)29)5-6-16(17)21/h5-10H,4,11H2,1-3H3,(H,22,27). The van der Waals surface area contributed by atoms with Gasteiger partial charge in [0, 0.05) is 30.3 Å². The second kappa shape index (κ2) is 10.3. The predicted molar refractivity (Wildman–Crippen MR) is 122 cm³/mol. The molecule has 32 heavy (non-hydrogen) atoms. The van der Waals surface area contributed by atoms with Gasteiger partial charge in [0.2, 0.25) is 5.91 Å². The molecule has 12 heteroatoms. The van der Waals surface area contributed by atoms with Crippen molar-refractivity contribution in [3.63, 3.8) is 0 Å². The first-order valence-corrected chi connectivity index (χ1v) is 10.8. The number of hydrogen-bond acceptors (Lipinski definition) is 8. The fourth-order valence-corrected chi connectivity index (χ4v) is 3.84. The van der Waals surface area contributed by atoms with Crippen LogP contribution in [0.3, 0.4) is 0 Å². The maximum Gasteiger partial charge on any atom is 0.271 e. The van der Waals surface area contributed by atoms with Crippen molar-refractivity contribution in [1.82, 2.24) is 14.8 Å². The van der Waals surface area contributed by atoms with Gasteiger partial charge in [-0.1, -0.05) is 23.4 Å². The van der Waals surface area contributed by atoms with Gasteiger partial charge in [-0.05, 0) is 25.1 Å². The molecule has 0 bridgehead atoms. The molecule has 0 spiro atoms. The summed E-state index contributed by atoms with van der Waals surface area (Å²) in [6, 6.07) is 9.26. The molecule has 0 aliphatic rings. The Morgan fingerprint density at radius 2 is 1.88 bits per heavy atom. The number of halogens is 1. The highest BCUT2D eigenvalue weighted by atomic mass is 35.5. The zero-order chi connectivity index (χ0) is 23.3. The minimum atomic E-state index is -0.556. The number of nitro groups is 1. The van der Waals surface area contributed by atoms with Crippen molar-refractivity contribution in [2.75, 3.05) is 25.3 Å². The van der Waals surface area contributed by atoms with E-state index in [-0.39, 0.29) is 28.1 Å². The van der Waals surface area contributed by atoms with Crippen LogP contribution in [0.25, 0.3) is 11.4 Å². The van der Waals surface area contributed by atoms with Gasteiger partial charge in [0.05, 0.1) is 35.6 Å². The summed E-state index contributed by atoms with van der Waals surface area (Å²) in [5.41, 5.74) is 0.768. The number of ether oxygens (including phenoxy) is 2. The minimum Gasteiger partial charge on any atom is -0.497 e. The fraction of sp³-hybridized carbons (Fsp3) is 0.250. The molecule has 2 aromatic carbocycles. The summed E-state index contributed by atoms with van der Waals surface area (Å²) < 4.78 is 12.5. The van der Waals surface area contributed by atoms with Crippen molar-refractivity contribution in [2.45, 2.75) is 18.6 Å². The summed E-state index contributed by atoms with van der Waals surface area (Å²) in [4.78, 5) is 22.8. The normalized spacial score (nSPS) is 10.6. The van der Waals surface area contributed by atoms with E-state index in [0.29, 0.717) is 29.0 Å². The first kappa shape index (κ1) is 23.4. The van der Waals surface area contributed by atoms with E-state index in [1.807, 2.05) is 23.6 Å². The first-order chi connectivity index (χ1) is 15.4. The molecule has 0 aliphatic heterocycles. The van der Waals surface area contributed by atoms with Crippen LogP contribution in [0.15, 0.2) is 41.6 Å². The number of nitro benzene ring substituents is 1. The molecule has 0 fully saturated rings. The van der Waals surface area contributed by atoms with Gasteiger partial charge < -0.3 is 19.4 Å². The maximum absolute atomic E-state index is 12.4. The molecule has 0 unspecified atom stereocenters. The van der Waals surface area contributed by atoms with E-state index in [0.717, 1.165) is 5.56 Å². The first-order valence-electron chi connectivity index (χ1n) is 9.39. The molecule has 1 N–H and O–H groups in total. The Kier molecular flexibility index (Phi) is 7.54. The van der Waals surface area contributed by atoms with Crippen LogP contribution >= 0.6 is 23.4 Å². The van der Waals surface area contributed by atoms with Gasteiger partial charge in [-0.3, -0.25) is 14.9 Å². The zero-order valence-electron chi connectivity index (χ0n) is 17.5. The second-order valence-corrected chi connectivity index (χ2v) is 7.76. The molecule has 1 heterocycles. The number of carbonyl (C=O) groups excluding carboxylic acids is 1. The molecule has 168 valence electrons. The lowest BCUT2D eigenvalue weighted by Crippen LogP contribution is -2.15. The van der Waals surface area contributed by atoms with Gasteiger partial charge in [0.15, 0.2) is 11.0 Å². The van der Waals surface area contributed by atoms with E-state index in [1.165, 1.54) is 30.0 Å². The molecule has 0 atom stereocenters. The average molecular weight is 478 g/mol. The summed E-state index contributed by atoms with van der Waals surface area (Å²) >= 11 is 7.23. The van der Waals surface area contributed by atoms with Crippen molar-refractivity contribution in [3.05, 3.63) is 51.5 Å². The van der Waals surface area contributed by atoms with Gasteiger partial charge >= 0.3 is 0 Å². The van der Waals surface area contributed by atoms with Crippen LogP contribution in [-0.4, -0.2) is 45.6 Å². The lowest BCUT2D eigenvalue weighted by atomic mass is 10.2. The molecule has 3 aromatic rings. The third kappa shape index (κ3) is 5.29. The van der Waals surface area contributed by atoms with Crippen molar-refractivity contribution in [1.29, 1.82) is 0 Å². The monoisotopic (exact) mass is 477 g/mol.